The van der Waals surface area contributed by atoms with Crippen LogP contribution in [-0.2, 0) is 14.1 Å². The SMILES string of the molecule is CCCN(CCC)C(=O)C1=Cc2ccc(B3OC(C)(C)C(C)(C)O3)cc2N=C(C)C1. The molecule has 0 spiro atoms. The molecule has 1 aromatic rings. The quantitative estimate of drug-likeness (QED) is 0.649. The summed E-state index contributed by atoms with van der Waals surface area (Å²) < 4.78 is 12.4. The smallest absolute Gasteiger partial charge is 0.399 e. The minimum absolute atomic E-state index is 0.121. The van der Waals surface area contributed by atoms with E-state index in [1.165, 1.54) is 0 Å². The fourth-order valence-electron chi connectivity index (χ4n) is 3.86. The summed E-state index contributed by atoms with van der Waals surface area (Å²) in [6.07, 6.45) is 4.49. The zero-order chi connectivity index (χ0) is 22.1. The summed E-state index contributed by atoms with van der Waals surface area (Å²) in [6, 6.07) is 6.07. The van der Waals surface area contributed by atoms with Crippen LogP contribution in [0.1, 0.15) is 73.3 Å². The molecule has 0 radical (unpaired) electrons. The van der Waals surface area contributed by atoms with E-state index in [1.807, 2.05) is 36.1 Å². The van der Waals surface area contributed by atoms with Gasteiger partial charge in [-0.05, 0) is 65.1 Å². The van der Waals surface area contributed by atoms with Crippen molar-refractivity contribution in [1.29, 1.82) is 0 Å². The molecule has 1 fully saturated rings. The van der Waals surface area contributed by atoms with Crippen LogP contribution >= 0.6 is 0 Å². The van der Waals surface area contributed by atoms with Crippen LogP contribution in [0.4, 0.5) is 5.69 Å². The minimum Gasteiger partial charge on any atom is -0.399 e. The van der Waals surface area contributed by atoms with E-state index < -0.39 is 7.12 Å². The van der Waals surface area contributed by atoms with Gasteiger partial charge in [-0.1, -0.05) is 26.0 Å². The standard InChI is InChI=1S/C24H35BN2O3/c1-8-12-27(13-9-2)22(28)19-14-17(3)26-21-16-20(11-10-18(21)15-19)25-29-23(4,5)24(6,7)30-25/h10-11,15-16H,8-9,12-14H2,1-7H3. The van der Waals surface area contributed by atoms with Crippen LogP contribution in [0, 0.1) is 0 Å². The Kier molecular flexibility index (Phi) is 6.58. The Morgan fingerprint density at radius 3 is 2.27 bits per heavy atom. The maximum Gasteiger partial charge on any atom is 0.494 e. The lowest BCUT2D eigenvalue weighted by Gasteiger charge is -2.32. The molecular weight excluding hydrogens is 375 g/mol. The Morgan fingerprint density at radius 2 is 1.70 bits per heavy atom. The molecular formula is C24H35BN2O3. The molecule has 3 rings (SSSR count). The number of fused-ring (bicyclic) bond motifs is 1. The molecule has 5 nitrogen and oxygen atoms in total. The maximum absolute atomic E-state index is 13.2. The molecule has 2 aliphatic rings. The molecule has 0 saturated carbocycles. The third kappa shape index (κ3) is 4.55. The largest absolute Gasteiger partial charge is 0.494 e. The molecule has 0 N–H and O–H groups in total. The highest BCUT2D eigenvalue weighted by Crippen LogP contribution is 2.37. The number of amides is 1. The number of carbonyl (C=O) groups is 1. The van der Waals surface area contributed by atoms with Crippen molar-refractivity contribution in [1.82, 2.24) is 4.90 Å². The topological polar surface area (TPSA) is 51.1 Å². The molecule has 1 aromatic carbocycles. The first-order valence-corrected chi connectivity index (χ1v) is 11.1. The van der Waals surface area contributed by atoms with Gasteiger partial charge in [-0.2, -0.15) is 0 Å². The van der Waals surface area contributed by atoms with Crippen molar-refractivity contribution in [3.8, 4) is 0 Å². The van der Waals surface area contributed by atoms with Crippen molar-refractivity contribution in [2.75, 3.05) is 13.1 Å². The van der Waals surface area contributed by atoms with Crippen molar-refractivity contribution in [3.05, 3.63) is 29.3 Å². The molecule has 0 atom stereocenters. The summed E-state index contributed by atoms with van der Waals surface area (Å²) in [5.74, 6) is 0.121. The van der Waals surface area contributed by atoms with Crippen molar-refractivity contribution < 1.29 is 14.1 Å². The molecule has 0 aliphatic carbocycles. The molecule has 2 heterocycles. The molecule has 1 saturated heterocycles. The predicted octanol–water partition coefficient (Wildman–Crippen LogP) is 4.51. The van der Waals surface area contributed by atoms with Crippen molar-refractivity contribution in [2.45, 2.75) is 78.9 Å². The molecule has 0 aromatic heterocycles. The summed E-state index contributed by atoms with van der Waals surface area (Å²) in [5, 5.41) is 0. The van der Waals surface area contributed by atoms with Crippen LogP contribution in [0.3, 0.4) is 0 Å². The number of hydrogen-bond acceptors (Lipinski definition) is 4. The highest BCUT2D eigenvalue weighted by atomic mass is 16.7. The molecule has 0 unspecified atom stereocenters. The van der Waals surface area contributed by atoms with Gasteiger partial charge in [0, 0.05) is 36.4 Å². The number of carbonyl (C=O) groups excluding carboxylic acids is 1. The summed E-state index contributed by atoms with van der Waals surface area (Å²) in [6.45, 7) is 16.0. The van der Waals surface area contributed by atoms with Gasteiger partial charge in [0.1, 0.15) is 0 Å². The van der Waals surface area contributed by atoms with E-state index in [2.05, 4.69) is 41.5 Å². The average molecular weight is 410 g/mol. The number of benzene rings is 1. The highest BCUT2D eigenvalue weighted by molar-refractivity contribution is 6.62. The van der Waals surface area contributed by atoms with Gasteiger partial charge < -0.3 is 14.2 Å². The minimum atomic E-state index is -0.422. The van der Waals surface area contributed by atoms with Crippen LogP contribution in [0.15, 0.2) is 28.8 Å². The Hall–Kier alpha value is -1.92. The lowest BCUT2D eigenvalue weighted by Crippen LogP contribution is -2.41. The Balaban J connectivity index is 1.91. The predicted molar refractivity (Wildman–Crippen MR) is 125 cm³/mol. The molecule has 2 aliphatic heterocycles. The van der Waals surface area contributed by atoms with Gasteiger partial charge in [-0.3, -0.25) is 9.79 Å². The lowest BCUT2D eigenvalue weighted by molar-refractivity contribution is -0.127. The summed E-state index contributed by atoms with van der Waals surface area (Å²) in [4.78, 5) is 19.9. The van der Waals surface area contributed by atoms with Gasteiger partial charge in [-0.15, -0.1) is 0 Å². The second-order valence-corrected chi connectivity index (χ2v) is 9.39. The maximum atomic E-state index is 13.2. The van der Waals surface area contributed by atoms with E-state index in [4.69, 9.17) is 14.3 Å². The average Bonchev–Trinajstić information content (AvgIpc) is 2.79. The van der Waals surface area contributed by atoms with Gasteiger partial charge in [0.2, 0.25) is 5.91 Å². The molecule has 6 heteroatoms. The first-order chi connectivity index (χ1) is 14.1. The summed E-state index contributed by atoms with van der Waals surface area (Å²) >= 11 is 0. The van der Waals surface area contributed by atoms with Gasteiger partial charge in [-0.25, -0.2) is 0 Å². The van der Waals surface area contributed by atoms with Crippen LogP contribution in [0.25, 0.3) is 6.08 Å². The third-order valence-electron chi connectivity index (χ3n) is 6.22. The fraction of sp³-hybridized carbons (Fsp3) is 0.583. The van der Waals surface area contributed by atoms with E-state index in [0.717, 1.165) is 53.9 Å². The fourth-order valence-corrected chi connectivity index (χ4v) is 3.86. The zero-order valence-electron chi connectivity index (χ0n) is 19.5. The first kappa shape index (κ1) is 22.8. The number of hydrogen-bond donors (Lipinski definition) is 0. The lowest BCUT2D eigenvalue weighted by atomic mass is 9.78. The Labute approximate surface area is 181 Å². The first-order valence-electron chi connectivity index (χ1n) is 11.1. The van der Waals surface area contributed by atoms with Gasteiger partial charge in [0.15, 0.2) is 0 Å². The summed E-state index contributed by atoms with van der Waals surface area (Å²) in [5.41, 5.74) is 3.75. The van der Waals surface area contributed by atoms with E-state index in [0.29, 0.717) is 6.42 Å². The highest BCUT2D eigenvalue weighted by Gasteiger charge is 2.51. The van der Waals surface area contributed by atoms with Crippen LogP contribution < -0.4 is 5.46 Å². The summed E-state index contributed by atoms with van der Waals surface area (Å²) in [7, 11) is -0.422. The van der Waals surface area contributed by atoms with Gasteiger partial charge in [0.25, 0.3) is 0 Å². The van der Waals surface area contributed by atoms with Crippen LogP contribution in [0.5, 0.6) is 0 Å². The number of rotatable bonds is 6. The van der Waals surface area contributed by atoms with Gasteiger partial charge in [0.05, 0.1) is 16.9 Å². The van der Waals surface area contributed by atoms with Crippen LogP contribution in [-0.4, -0.2) is 47.9 Å². The van der Waals surface area contributed by atoms with E-state index in [1.54, 1.807) is 0 Å². The van der Waals surface area contributed by atoms with Crippen LogP contribution in [0.2, 0.25) is 0 Å². The second-order valence-electron chi connectivity index (χ2n) is 9.39. The van der Waals surface area contributed by atoms with Gasteiger partial charge >= 0.3 is 7.12 Å². The number of nitrogens with zero attached hydrogens (tertiary/aromatic N) is 2. The second kappa shape index (κ2) is 8.68. The molecule has 0 bridgehead atoms. The Morgan fingerprint density at radius 1 is 1.10 bits per heavy atom. The van der Waals surface area contributed by atoms with E-state index >= 15 is 0 Å². The molecule has 30 heavy (non-hydrogen) atoms. The van der Waals surface area contributed by atoms with E-state index in [9.17, 15) is 4.79 Å². The normalized spacial score (nSPS) is 19.6. The van der Waals surface area contributed by atoms with Crippen molar-refractivity contribution in [2.24, 2.45) is 4.99 Å². The number of aliphatic imine (C=N–C) groups is 1. The zero-order valence-corrected chi connectivity index (χ0v) is 19.5. The monoisotopic (exact) mass is 410 g/mol. The van der Waals surface area contributed by atoms with Crippen molar-refractivity contribution in [3.63, 3.8) is 0 Å². The van der Waals surface area contributed by atoms with Crippen molar-refractivity contribution >= 4 is 36.0 Å². The Bertz CT molecular complexity index is 851. The third-order valence-corrected chi connectivity index (χ3v) is 6.22. The van der Waals surface area contributed by atoms with E-state index in [-0.39, 0.29) is 17.1 Å². The molecule has 1 amide bonds. The molecule has 162 valence electrons.